The monoisotopic (exact) mass is 373 g/mol. The fourth-order valence-corrected chi connectivity index (χ4v) is 2.87. The van der Waals surface area contributed by atoms with Gasteiger partial charge in [-0.3, -0.25) is 0 Å². The van der Waals surface area contributed by atoms with E-state index >= 15 is 0 Å². The molecule has 0 unspecified atom stereocenters. The second-order valence-electron chi connectivity index (χ2n) is 4.21. The molecule has 0 atom stereocenters. The molecular weight excluding hydrogens is 359 g/mol. The molecule has 1 rings (SSSR count). The lowest BCUT2D eigenvalue weighted by atomic mass is 10.2. The minimum Gasteiger partial charge on any atom is -0.385 e. The van der Waals surface area contributed by atoms with Gasteiger partial charge in [0.05, 0.1) is 11.3 Å². The average Bonchev–Trinajstić information content (AvgIpc) is 2.35. The number of hydrogen-bond acceptors (Lipinski definition) is 3. The van der Waals surface area contributed by atoms with Crippen molar-refractivity contribution in [1.82, 2.24) is 0 Å². The van der Waals surface area contributed by atoms with Crippen molar-refractivity contribution in [3.05, 3.63) is 28.2 Å². The molecule has 0 bridgehead atoms. The van der Waals surface area contributed by atoms with E-state index in [1.165, 1.54) is 12.1 Å². The first-order valence-corrected chi connectivity index (χ1v) is 8.58. The van der Waals surface area contributed by atoms with E-state index in [2.05, 4.69) is 21.2 Å². The lowest BCUT2D eigenvalue weighted by molar-refractivity contribution is -0.138. The maximum atomic E-state index is 12.7. The predicted octanol–water partition coefficient (Wildman–Crippen LogP) is 3.70. The topological polar surface area (TPSA) is 46.2 Å². The highest BCUT2D eigenvalue weighted by Gasteiger charge is 2.33. The Morgan fingerprint density at radius 1 is 1.30 bits per heavy atom. The minimum absolute atomic E-state index is 0.0240. The van der Waals surface area contributed by atoms with Gasteiger partial charge in [-0.1, -0.05) is 22.9 Å². The summed E-state index contributed by atoms with van der Waals surface area (Å²) in [5, 5.41) is 2.80. The van der Waals surface area contributed by atoms with Crippen LogP contribution in [0, 0.1) is 0 Å². The molecule has 0 aliphatic heterocycles. The van der Waals surface area contributed by atoms with Gasteiger partial charge in [0.25, 0.3) is 0 Å². The van der Waals surface area contributed by atoms with E-state index in [4.69, 9.17) is 0 Å². The van der Waals surface area contributed by atoms with Crippen LogP contribution < -0.4 is 5.32 Å². The smallest absolute Gasteiger partial charge is 0.385 e. The summed E-state index contributed by atoms with van der Waals surface area (Å²) in [6.07, 6.45) is -4.07. The van der Waals surface area contributed by atoms with E-state index in [1.807, 2.05) is 0 Å². The molecule has 0 spiro atoms. The van der Waals surface area contributed by atoms with Crippen molar-refractivity contribution in [3.8, 4) is 0 Å². The molecule has 0 saturated carbocycles. The average molecular weight is 374 g/mol. The number of rotatable bonds is 6. The molecule has 1 aromatic rings. The first-order valence-electron chi connectivity index (χ1n) is 5.97. The van der Waals surface area contributed by atoms with Gasteiger partial charge >= 0.3 is 6.18 Å². The molecule has 0 amide bonds. The number of benzene rings is 1. The lowest BCUT2D eigenvalue weighted by Gasteiger charge is -2.12. The standard InChI is InChI=1S/C12H15BrF3NO2S/c1-2-20(18,19)7-3-6-17-9-4-5-11(13)10(8-9)12(14,15)16/h4-5,8,17H,2-3,6-7H2,1H3. The first-order chi connectivity index (χ1) is 9.15. The number of alkyl halides is 3. The Labute approximate surface area is 124 Å². The zero-order chi connectivity index (χ0) is 15.4. The van der Waals surface area contributed by atoms with Gasteiger partial charge in [-0.25, -0.2) is 8.42 Å². The molecule has 0 heterocycles. The SMILES string of the molecule is CCS(=O)(=O)CCCNc1ccc(Br)c(C(F)(F)F)c1. The molecule has 0 saturated heterocycles. The Kier molecular flexibility index (Phi) is 5.88. The van der Waals surface area contributed by atoms with Crippen molar-refractivity contribution in [2.24, 2.45) is 0 Å². The number of halogens is 4. The molecule has 0 aromatic heterocycles. The highest BCUT2D eigenvalue weighted by atomic mass is 79.9. The van der Waals surface area contributed by atoms with Crippen LogP contribution in [0.15, 0.2) is 22.7 Å². The van der Waals surface area contributed by atoms with Gasteiger partial charge in [0.2, 0.25) is 0 Å². The summed E-state index contributed by atoms with van der Waals surface area (Å²) in [6, 6.07) is 3.82. The number of anilines is 1. The van der Waals surface area contributed by atoms with Crippen LogP contribution in [0.3, 0.4) is 0 Å². The summed E-state index contributed by atoms with van der Waals surface area (Å²) in [6.45, 7) is 1.87. The summed E-state index contributed by atoms with van der Waals surface area (Å²) in [5.74, 6) is 0.0999. The Balaban J connectivity index is 2.62. The second kappa shape index (κ2) is 6.80. The molecule has 0 aliphatic carbocycles. The molecule has 0 fully saturated rings. The maximum Gasteiger partial charge on any atom is 0.417 e. The molecule has 20 heavy (non-hydrogen) atoms. The van der Waals surface area contributed by atoms with E-state index in [-0.39, 0.29) is 16.0 Å². The third-order valence-electron chi connectivity index (χ3n) is 2.67. The van der Waals surface area contributed by atoms with E-state index in [9.17, 15) is 21.6 Å². The fraction of sp³-hybridized carbons (Fsp3) is 0.500. The van der Waals surface area contributed by atoms with Gasteiger partial charge in [0, 0.05) is 22.5 Å². The summed E-state index contributed by atoms with van der Waals surface area (Å²) in [7, 11) is -3.04. The van der Waals surface area contributed by atoms with Crippen LogP contribution >= 0.6 is 15.9 Å². The molecule has 0 aliphatic rings. The van der Waals surface area contributed by atoms with Gasteiger partial charge in [-0.05, 0) is 24.6 Å². The van der Waals surface area contributed by atoms with Crippen molar-refractivity contribution in [1.29, 1.82) is 0 Å². The Hall–Kier alpha value is -0.760. The zero-order valence-electron chi connectivity index (χ0n) is 10.8. The predicted molar refractivity (Wildman–Crippen MR) is 76.6 cm³/mol. The van der Waals surface area contributed by atoms with Gasteiger partial charge in [0.1, 0.15) is 9.84 Å². The normalized spacial score (nSPS) is 12.4. The van der Waals surface area contributed by atoms with Gasteiger partial charge in [0.15, 0.2) is 0 Å². The van der Waals surface area contributed by atoms with Crippen LogP contribution in [-0.2, 0) is 16.0 Å². The van der Waals surface area contributed by atoms with Gasteiger partial charge < -0.3 is 5.32 Å². The Morgan fingerprint density at radius 3 is 2.50 bits per heavy atom. The van der Waals surface area contributed by atoms with E-state index in [0.717, 1.165) is 6.07 Å². The third-order valence-corrected chi connectivity index (χ3v) is 5.15. The molecule has 3 nitrogen and oxygen atoms in total. The summed E-state index contributed by atoms with van der Waals surface area (Å²) >= 11 is 2.86. The Bertz CT molecular complexity index is 558. The van der Waals surface area contributed by atoms with Gasteiger partial charge in [-0.2, -0.15) is 13.2 Å². The van der Waals surface area contributed by atoms with Crippen LogP contribution in [0.5, 0.6) is 0 Å². The summed E-state index contributed by atoms with van der Waals surface area (Å²) in [4.78, 5) is 0. The molecule has 8 heteroatoms. The van der Waals surface area contributed by atoms with Crippen LogP contribution in [-0.4, -0.2) is 26.5 Å². The highest BCUT2D eigenvalue weighted by molar-refractivity contribution is 9.10. The van der Waals surface area contributed by atoms with E-state index in [0.29, 0.717) is 18.7 Å². The zero-order valence-corrected chi connectivity index (χ0v) is 13.2. The van der Waals surface area contributed by atoms with E-state index in [1.54, 1.807) is 6.92 Å². The van der Waals surface area contributed by atoms with Crippen molar-refractivity contribution in [3.63, 3.8) is 0 Å². The molecule has 1 N–H and O–H groups in total. The van der Waals surface area contributed by atoms with Crippen LogP contribution in [0.25, 0.3) is 0 Å². The van der Waals surface area contributed by atoms with Crippen molar-refractivity contribution < 1.29 is 21.6 Å². The molecule has 114 valence electrons. The Morgan fingerprint density at radius 2 is 1.95 bits per heavy atom. The van der Waals surface area contributed by atoms with Crippen LogP contribution in [0.2, 0.25) is 0 Å². The third kappa shape index (κ3) is 5.32. The van der Waals surface area contributed by atoms with Crippen molar-refractivity contribution in [2.45, 2.75) is 19.5 Å². The first kappa shape index (κ1) is 17.3. The second-order valence-corrected chi connectivity index (χ2v) is 7.54. The number of sulfone groups is 1. The largest absolute Gasteiger partial charge is 0.417 e. The van der Waals surface area contributed by atoms with Crippen LogP contribution in [0.1, 0.15) is 18.9 Å². The summed E-state index contributed by atoms with van der Waals surface area (Å²) in [5.41, 5.74) is -0.446. The number of hydrogen-bond donors (Lipinski definition) is 1. The van der Waals surface area contributed by atoms with Crippen LogP contribution in [0.4, 0.5) is 18.9 Å². The maximum absolute atomic E-state index is 12.7. The fourth-order valence-electron chi connectivity index (χ4n) is 1.52. The van der Waals surface area contributed by atoms with Crippen molar-refractivity contribution in [2.75, 3.05) is 23.4 Å². The molecule has 0 radical (unpaired) electrons. The van der Waals surface area contributed by atoms with Gasteiger partial charge in [-0.15, -0.1) is 0 Å². The van der Waals surface area contributed by atoms with E-state index < -0.39 is 21.6 Å². The van der Waals surface area contributed by atoms with Crippen molar-refractivity contribution >= 4 is 31.5 Å². The summed E-state index contributed by atoms with van der Waals surface area (Å²) < 4.78 is 60.5. The number of nitrogens with one attached hydrogen (secondary N) is 1. The minimum atomic E-state index is -4.43. The molecular formula is C12H15BrF3NO2S. The quantitative estimate of drug-likeness (QED) is 0.773. The lowest BCUT2D eigenvalue weighted by Crippen LogP contribution is -2.13. The highest BCUT2D eigenvalue weighted by Crippen LogP contribution is 2.36. The molecule has 1 aromatic carbocycles.